The second kappa shape index (κ2) is 5.69. The molecule has 0 radical (unpaired) electrons. The van der Waals surface area contributed by atoms with Gasteiger partial charge in [-0.2, -0.15) is 0 Å². The summed E-state index contributed by atoms with van der Waals surface area (Å²) >= 11 is 0. The van der Waals surface area contributed by atoms with E-state index in [0.29, 0.717) is 11.7 Å². The summed E-state index contributed by atoms with van der Waals surface area (Å²) in [6.45, 7) is 6.39. The van der Waals surface area contributed by atoms with Gasteiger partial charge in [0.25, 0.3) is 0 Å². The molecule has 0 amide bonds. The number of hydrogen-bond donors (Lipinski definition) is 1. The van der Waals surface area contributed by atoms with Gasteiger partial charge in [-0.1, -0.05) is 33.1 Å². The van der Waals surface area contributed by atoms with Crippen molar-refractivity contribution in [2.24, 2.45) is 5.92 Å². The molecule has 0 aromatic carbocycles. The molecule has 0 aliphatic rings. The standard InChI is InChI=1S/C12H21N3/c1-4-6-10(5-2)7-11-12(13)14-8-9(3)15-11/h8,10H,4-7H2,1-3H3,(H2,13,14). The third-order valence-electron chi connectivity index (χ3n) is 2.75. The predicted octanol–water partition coefficient (Wildman–Crippen LogP) is 2.74. The van der Waals surface area contributed by atoms with Gasteiger partial charge < -0.3 is 5.73 Å². The largest absolute Gasteiger partial charge is 0.382 e. The minimum Gasteiger partial charge on any atom is -0.382 e. The van der Waals surface area contributed by atoms with E-state index in [2.05, 4.69) is 23.8 Å². The maximum Gasteiger partial charge on any atom is 0.145 e. The molecule has 0 aliphatic carbocycles. The van der Waals surface area contributed by atoms with Crippen LogP contribution in [0, 0.1) is 12.8 Å². The first-order valence-electron chi connectivity index (χ1n) is 5.75. The molecule has 0 saturated heterocycles. The lowest BCUT2D eigenvalue weighted by Gasteiger charge is -2.14. The van der Waals surface area contributed by atoms with Gasteiger partial charge >= 0.3 is 0 Å². The van der Waals surface area contributed by atoms with Crippen LogP contribution in [0.4, 0.5) is 5.82 Å². The molecule has 0 bridgehead atoms. The van der Waals surface area contributed by atoms with Crippen LogP contribution in [0.15, 0.2) is 6.20 Å². The Kier molecular flexibility index (Phi) is 4.53. The zero-order valence-corrected chi connectivity index (χ0v) is 9.95. The molecule has 1 rings (SSSR count). The van der Waals surface area contributed by atoms with Gasteiger partial charge in [0.2, 0.25) is 0 Å². The summed E-state index contributed by atoms with van der Waals surface area (Å²) < 4.78 is 0. The van der Waals surface area contributed by atoms with Gasteiger partial charge in [0, 0.05) is 0 Å². The Bertz CT molecular complexity index is 310. The van der Waals surface area contributed by atoms with Gasteiger partial charge in [-0.05, 0) is 19.3 Å². The van der Waals surface area contributed by atoms with Gasteiger partial charge in [-0.3, -0.25) is 4.98 Å². The number of nitrogen functional groups attached to an aromatic ring is 1. The first-order chi connectivity index (χ1) is 7.17. The molecule has 1 atom stereocenters. The molecule has 1 heterocycles. The van der Waals surface area contributed by atoms with Gasteiger partial charge in [0.1, 0.15) is 5.82 Å². The van der Waals surface area contributed by atoms with Crippen molar-refractivity contribution in [3.8, 4) is 0 Å². The number of aromatic nitrogens is 2. The molecule has 1 aromatic heterocycles. The van der Waals surface area contributed by atoms with Crippen LogP contribution in [-0.2, 0) is 6.42 Å². The number of anilines is 1. The lowest BCUT2D eigenvalue weighted by atomic mass is 9.95. The first kappa shape index (κ1) is 12.0. The van der Waals surface area contributed by atoms with Crippen LogP contribution in [-0.4, -0.2) is 9.97 Å². The Morgan fingerprint density at radius 1 is 1.40 bits per heavy atom. The fraction of sp³-hybridized carbons (Fsp3) is 0.667. The smallest absolute Gasteiger partial charge is 0.145 e. The van der Waals surface area contributed by atoms with Crippen molar-refractivity contribution in [3.63, 3.8) is 0 Å². The number of nitrogens with zero attached hydrogens (tertiary/aromatic N) is 2. The van der Waals surface area contributed by atoms with Crippen LogP contribution < -0.4 is 5.73 Å². The summed E-state index contributed by atoms with van der Waals surface area (Å²) in [7, 11) is 0. The highest BCUT2D eigenvalue weighted by Crippen LogP contribution is 2.18. The summed E-state index contributed by atoms with van der Waals surface area (Å²) in [5, 5.41) is 0. The average molecular weight is 207 g/mol. The van der Waals surface area contributed by atoms with E-state index >= 15 is 0 Å². The van der Waals surface area contributed by atoms with Crippen LogP contribution in [0.3, 0.4) is 0 Å². The van der Waals surface area contributed by atoms with Crippen LogP contribution in [0.5, 0.6) is 0 Å². The van der Waals surface area contributed by atoms with E-state index in [-0.39, 0.29) is 0 Å². The van der Waals surface area contributed by atoms with Crippen molar-refractivity contribution >= 4 is 5.82 Å². The molecule has 2 N–H and O–H groups in total. The van der Waals surface area contributed by atoms with Crippen molar-refractivity contribution in [2.75, 3.05) is 5.73 Å². The number of nitrogens with two attached hydrogens (primary N) is 1. The van der Waals surface area contributed by atoms with E-state index in [0.717, 1.165) is 17.8 Å². The molecule has 1 unspecified atom stereocenters. The molecular weight excluding hydrogens is 186 g/mol. The molecule has 84 valence electrons. The lowest BCUT2D eigenvalue weighted by molar-refractivity contribution is 0.457. The molecular formula is C12H21N3. The summed E-state index contributed by atoms with van der Waals surface area (Å²) in [4.78, 5) is 8.60. The van der Waals surface area contributed by atoms with Crippen LogP contribution >= 0.6 is 0 Å². The Hall–Kier alpha value is -1.12. The summed E-state index contributed by atoms with van der Waals surface area (Å²) in [5.74, 6) is 1.28. The Morgan fingerprint density at radius 2 is 2.13 bits per heavy atom. The Balaban J connectivity index is 2.73. The van der Waals surface area contributed by atoms with E-state index < -0.39 is 0 Å². The summed E-state index contributed by atoms with van der Waals surface area (Å²) in [6, 6.07) is 0. The summed E-state index contributed by atoms with van der Waals surface area (Å²) in [5.41, 5.74) is 7.73. The number of aryl methyl sites for hydroxylation is 1. The molecule has 0 saturated carbocycles. The van der Waals surface area contributed by atoms with E-state index in [1.165, 1.54) is 19.3 Å². The normalized spacial score (nSPS) is 12.7. The van der Waals surface area contributed by atoms with Crippen LogP contribution in [0.25, 0.3) is 0 Å². The topological polar surface area (TPSA) is 51.8 Å². The average Bonchev–Trinajstić information content (AvgIpc) is 2.22. The molecule has 1 aromatic rings. The van der Waals surface area contributed by atoms with Crippen molar-refractivity contribution in [1.29, 1.82) is 0 Å². The zero-order chi connectivity index (χ0) is 11.3. The zero-order valence-electron chi connectivity index (χ0n) is 9.95. The van der Waals surface area contributed by atoms with E-state index in [1.807, 2.05) is 6.92 Å². The molecule has 15 heavy (non-hydrogen) atoms. The van der Waals surface area contributed by atoms with Crippen molar-refractivity contribution in [3.05, 3.63) is 17.6 Å². The number of hydrogen-bond acceptors (Lipinski definition) is 3. The first-order valence-corrected chi connectivity index (χ1v) is 5.75. The Labute approximate surface area is 92.1 Å². The highest BCUT2D eigenvalue weighted by Gasteiger charge is 2.10. The van der Waals surface area contributed by atoms with Crippen molar-refractivity contribution in [2.45, 2.75) is 46.5 Å². The van der Waals surface area contributed by atoms with E-state index in [1.54, 1.807) is 6.20 Å². The molecule has 0 aliphatic heterocycles. The monoisotopic (exact) mass is 207 g/mol. The highest BCUT2D eigenvalue weighted by molar-refractivity contribution is 5.34. The molecule has 3 heteroatoms. The second-order valence-electron chi connectivity index (χ2n) is 4.11. The van der Waals surface area contributed by atoms with Gasteiger partial charge in [0.05, 0.1) is 17.6 Å². The fourth-order valence-electron chi connectivity index (χ4n) is 1.82. The lowest BCUT2D eigenvalue weighted by Crippen LogP contribution is -2.09. The van der Waals surface area contributed by atoms with Gasteiger partial charge in [0.15, 0.2) is 0 Å². The maximum atomic E-state index is 5.81. The molecule has 3 nitrogen and oxygen atoms in total. The number of rotatable bonds is 5. The predicted molar refractivity (Wildman–Crippen MR) is 63.6 cm³/mol. The van der Waals surface area contributed by atoms with Crippen molar-refractivity contribution in [1.82, 2.24) is 9.97 Å². The highest BCUT2D eigenvalue weighted by atomic mass is 14.9. The third-order valence-corrected chi connectivity index (χ3v) is 2.75. The molecule has 0 fully saturated rings. The van der Waals surface area contributed by atoms with Crippen LogP contribution in [0.2, 0.25) is 0 Å². The van der Waals surface area contributed by atoms with Crippen LogP contribution in [0.1, 0.15) is 44.5 Å². The fourth-order valence-corrected chi connectivity index (χ4v) is 1.82. The third kappa shape index (κ3) is 3.50. The van der Waals surface area contributed by atoms with Gasteiger partial charge in [-0.15, -0.1) is 0 Å². The minimum atomic E-state index is 0.593. The quantitative estimate of drug-likeness (QED) is 0.807. The van der Waals surface area contributed by atoms with E-state index in [9.17, 15) is 0 Å². The van der Waals surface area contributed by atoms with E-state index in [4.69, 9.17) is 5.73 Å². The molecule has 0 spiro atoms. The summed E-state index contributed by atoms with van der Waals surface area (Å²) in [6.07, 6.45) is 6.33. The minimum absolute atomic E-state index is 0.593. The second-order valence-corrected chi connectivity index (χ2v) is 4.11. The Morgan fingerprint density at radius 3 is 2.73 bits per heavy atom. The SMILES string of the molecule is CCCC(CC)Cc1nc(C)cnc1N. The van der Waals surface area contributed by atoms with Gasteiger partial charge in [-0.25, -0.2) is 4.98 Å². The van der Waals surface area contributed by atoms with Crippen molar-refractivity contribution < 1.29 is 0 Å². The maximum absolute atomic E-state index is 5.81.